The van der Waals surface area contributed by atoms with Gasteiger partial charge in [-0.15, -0.1) is 6.58 Å². The van der Waals surface area contributed by atoms with Crippen LogP contribution in [0.4, 0.5) is 0 Å². The molecule has 0 saturated carbocycles. The van der Waals surface area contributed by atoms with Gasteiger partial charge in [-0.3, -0.25) is 14.5 Å². The Morgan fingerprint density at radius 2 is 2.36 bits per heavy atom. The first-order chi connectivity index (χ1) is 6.69. The third-order valence-electron chi connectivity index (χ3n) is 2.90. The molecule has 1 atom stereocenters. The SMILES string of the molecule is C=CCN1C(=O)CC2(CCSC2)C1=O. The van der Waals surface area contributed by atoms with Crippen LogP contribution in [0.3, 0.4) is 0 Å². The summed E-state index contributed by atoms with van der Waals surface area (Å²) in [6.45, 7) is 3.92. The molecule has 1 spiro atoms. The fraction of sp³-hybridized carbons (Fsp3) is 0.600. The summed E-state index contributed by atoms with van der Waals surface area (Å²) in [6, 6.07) is 0. The number of imide groups is 1. The van der Waals surface area contributed by atoms with Gasteiger partial charge in [-0.05, 0) is 12.2 Å². The Morgan fingerprint density at radius 3 is 2.93 bits per heavy atom. The van der Waals surface area contributed by atoms with Crippen LogP contribution in [0.5, 0.6) is 0 Å². The Labute approximate surface area is 87.5 Å². The second-order valence-electron chi connectivity index (χ2n) is 3.86. The zero-order valence-corrected chi connectivity index (χ0v) is 8.81. The van der Waals surface area contributed by atoms with Gasteiger partial charge in [-0.25, -0.2) is 0 Å². The lowest BCUT2D eigenvalue weighted by Gasteiger charge is -2.19. The molecule has 14 heavy (non-hydrogen) atoms. The number of rotatable bonds is 2. The molecule has 2 fully saturated rings. The summed E-state index contributed by atoms with van der Waals surface area (Å²) < 4.78 is 0. The van der Waals surface area contributed by atoms with Gasteiger partial charge in [0.1, 0.15) is 0 Å². The first-order valence-corrected chi connectivity index (χ1v) is 5.88. The summed E-state index contributed by atoms with van der Waals surface area (Å²) in [4.78, 5) is 24.9. The van der Waals surface area contributed by atoms with Crippen molar-refractivity contribution in [2.24, 2.45) is 5.41 Å². The van der Waals surface area contributed by atoms with Gasteiger partial charge in [-0.1, -0.05) is 6.08 Å². The van der Waals surface area contributed by atoms with Crippen LogP contribution in [0.15, 0.2) is 12.7 Å². The van der Waals surface area contributed by atoms with Crippen LogP contribution in [0.1, 0.15) is 12.8 Å². The first-order valence-electron chi connectivity index (χ1n) is 4.73. The number of thioether (sulfide) groups is 1. The molecule has 0 radical (unpaired) electrons. The zero-order chi connectivity index (χ0) is 10.2. The monoisotopic (exact) mass is 211 g/mol. The molecule has 2 aliphatic rings. The van der Waals surface area contributed by atoms with Gasteiger partial charge in [0.25, 0.3) is 0 Å². The van der Waals surface area contributed by atoms with Crippen molar-refractivity contribution in [2.75, 3.05) is 18.1 Å². The summed E-state index contributed by atoms with van der Waals surface area (Å²) in [5.74, 6) is 1.80. The maximum atomic E-state index is 12.0. The second-order valence-corrected chi connectivity index (χ2v) is 4.96. The lowest BCUT2D eigenvalue weighted by molar-refractivity contribution is -0.140. The van der Waals surface area contributed by atoms with Gasteiger partial charge >= 0.3 is 0 Å². The van der Waals surface area contributed by atoms with Crippen LogP contribution in [-0.2, 0) is 9.59 Å². The second kappa shape index (κ2) is 3.42. The van der Waals surface area contributed by atoms with Crippen molar-refractivity contribution in [3.8, 4) is 0 Å². The van der Waals surface area contributed by atoms with Crippen molar-refractivity contribution in [3.63, 3.8) is 0 Å². The third kappa shape index (κ3) is 1.29. The van der Waals surface area contributed by atoms with Crippen molar-refractivity contribution in [1.82, 2.24) is 4.90 Å². The summed E-state index contributed by atoms with van der Waals surface area (Å²) >= 11 is 1.77. The average Bonchev–Trinajstić information content (AvgIpc) is 2.69. The minimum atomic E-state index is -0.356. The highest BCUT2D eigenvalue weighted by Crippen LogP contribution is 2.44. The van der Waals surface area contributed by atoms with Crippen molar-refractivity contribution >= 4 is 23.6 Å². The van der Waals surface area contributed by atoms with Gasteiger partial charge < -0.3 is 0 Å². The average molecular weight is 211 g/mol. The van der Waals surface area contributed by atoms with E-state index >= 15 is 0 Å². The van der Waals surface area contributed by atoms with Gasteiger partial charge in [0.2, 0.25) is 11.8 Å². The molecule has 0 N–H and O–H groups in total. The summed E-state index contributed by atoms with van der Waals surface area (Å²) in [5.41, 5.74) is -0.356. The van der Waals surface area contributed by atoms with Crippen LogP contribution in [0.25, 0.3) is 0 Å². The molecule has 0 bridgehead atoms. The molecule has 1 unspecified atom stereocenters. The molecule has 0 aromatic carbocycles. The number of carbonyl (C=O) groups excluding carboxylic acids is 2. The highest BCUT2D eigenvalue weighted by molar-refractivity contribution is 7.99. The highest BCUT2D eigenvalue weighted by Gasteiger charge is 2.52. The highest BCUT2D eigenvalue weighted by atomic mass is 32.2. The molecule has 3 nitrogen and oxygen atoms in total. The van der Waals surface area contributed by atoms with E-state index in [1.807, 2.05) is 0 Å². The molecule has 76 valence electrons. The Balaban J connectivity index is 2.21. The maximum Gasteiger partial charge on any atom is 0.237 e. The minimum absolute atomic E-state index is 0.0207. The van der Waals surface area contributed by atoms with Gasteiger partial charge in [0.15, 0.2) is 0 Å². The number of amides is 2. The van der Waals surface area contributed by atoms with E-state index in [9.17, 15) is 9.59 Å². The standard InChI is InChI=1S/C10H13NO2S/c1-2-4-11-8(12)6-10(9(11)13)3-5-14-7-10/h2H,1,3-7H2. The van der Waals surface area contributed by atoms with E-state index in [2.05, 4.69) is 6.58 Å². The maximum absolute atomic E-state index is 12.0. The van der Waals surface area contributed by atoms with Crippen molar-refractivity contribution in [1.29, 1.82) is 0 Å². The molecule has 2 aliphatic heterocycles. The third-order valence-corrected chi connectivity index (χ3v) is 4.15. The van der Waals surface area contributed by atoms with Crippen molar-refractivity contribution in [3.05, 3.63) is 12.7 Å². The van der Waals surface area contributed by atoms with Crippen molar-refractivity contribution < 1.29 is 9.59 Å². The van der Waals surface area contributed by atoms with E-state index in [4.69, 9.17) is 0 Å². The largest absolute Gasteiger partial charge is 0.278 e. The number of carbonyl (C=O) groups is 2. The number of nitrogens with zero attached hydrogens (tertiary/aromatic N) is 1. The van der Waals surface area contributed by atoms with Crippen LogP contribution in [-0.4, -0.2) is 34.8 Å². The lowest BCUT2D eigenvalue weighted by Crippen LogP contribution is -2.35. The topological polar surface area (TPSA) is 37.4 Å². The fourth-order valence-electron chi connectivity index (χ4n) is 2.09. The predicted molar refractivity (Wildman–Crippen MR) is 55.9 cm³/mol. The summed E-state index contributed by atoms with van der Waals surface area (Å²) in [7, 11) is 0. The van der Waals surface area contributed by atoms with Gasteiger partial charge in [0, 0.05) is 18.7 Å². The van der Waals surface area contributed by atoms with E-state index in [0.29, 0.717) is 13.0 Å². The molecule has 2 rings (SSSR count). The van der Waals surface area contributed by atoms with E-state index < -0.39 is 0 Å². The van der Waals surface area contributed by atoms with Gasteiger partial charge in [-0.2, -0.15) is 11.8 Å². The molecule has 4 heteroatoms. The summed E-state index contributed by atoms with van der Waals surface area (Å²) in [5, 5.41) is 0. The van der Waals surface area contributed by atoms with E-state index in [0.717, 1.165) is 17.9 Å². The van der Waals surface area contributed by atoms with E-state index in [1.54, 1.807) is 17.8 Å². The Kier molecular flexibility index (Phi) is 2.39. The molecule has 2 heterocycles. The quantitative estimate of drug-likeness (QED) is 0.506. The minimum Gasteiger partial charge on any atom is -0.278 e. The first kappa shape index (κ1) is 9.77. The van der Waals surface area contributed by atoms with E-state index in [1.165, 1.54) is 4.90 Å². The Hall–Kier alpha value is -0.770. The smallest absolute Gasteiger partial charge is 0.237 e. The van der Waals surface area contributed by atoms with E-state index in [-0.39, 0.29) is 17.2 Å². The zero-order valence-electron chi connectivity index (χ0n) is 7.99. The molecule has 2 saturated heterocycles. The Bertz CT molecular complexity index is 294. The van der Waals surface area contributed by atoms with Crippen LogP contribution >= 0.6 is 11.8 Å². The molecule has 0 aromatic heterocycles. The normalized spacial score (nSPS) is 31.9. The molecule has 0 aromatic rings. The molecular weight excluding hydrogens is 198 g/mol. The summed E-state index contributed by atoms with van der Waals surface area (Å²) in [6.07, 6.45) is 2.87. The predicted octanol–water partition coefficient (Wildman–Crippen LogP) is 1.05. The van der Waals surface area contributed by atoms with Crippen molar-refractivity contribution in [2.45, 2.75) is 12.8 Å². The van der Waals surface area contributed by atoms with Gasteiger partial charge in [0.05, 0.1) is 5.41 Å². The molecule has 0 aliphatic carbocycles. The number of hydrogen-bond donors (Lipinski definition) is 0. The Morgan fingerprint density at radius 1 is 1.57 bits per heavy atom. The van der Waals surface area contributed by atoms with Crippen LogP contribution in [0, 0.1) is 5.41 Å². The number of likely N-dealkylation sites (tertiary alicyclic amines) is 1. The van der Waals surface area contributed by atoms with Crippen LogP contribution < -0.4 is 0 Å². The fourth-order valence-corrected chi connectivity index (χ4v) is 3.53. The molecular formula is C10H13NO2S. The molecule has 2 amide bonds. The number of hydrogen-bond acceptors (Lipinski definition) is 3. The van der Waals surface area contributed by atoms with Crippen LogP contribution in [0.2, 0.25) is 0 Å². The lowest BCUT2D eigenvalue weighted by atomic mass is 9.86.